The summed E-state index contributed by atoms with van der Waals surface area (Å²) in [5.74, 6) is -1.66. The van der Waals surface area contributed by atoms with E-state index in [9.17, 15) is 13.9 Å². The summed E-state index contributed by atoms with van der Waals surface area (Å²) in [6.45, 7) is 2.07. The summed E-state index contributed by atoms with van der Waals surface area (Å²) in [4.78, 5) is 0. The second-order valence-electron chi connectivity index (χ2n) is 5.36. The zero-order valence-electron chi connectivity index (χ0n) is 10.8. The minimum Gasteiger partial charge on any atom is -0.392 e. The Balaban J connectivity index is 2.15. The molecule has 0 aliphatic heterocycles. The topological polar surface area (TPSA) is 20.2 Å². The normalized spacial score (nSPS) is 20.0. The number of rotatable bonds is 4. The molecule has 1 nitrogen and oxygen atoms in total. The molecule has 0 spiro atoms. The van der Waals surface area contributed by atoms with Gasteiger partial charge in [-0.15, -0.1) is 0 Å². The Morgan fingerprint density at radius 2 is 1.94 bits per heavy atom. The lowest BCUT2D eigenvalue weighted by Gasteiger charge is -2.33. The molecule has 0 bridgehead atoms. The van der Waals surface area contributed by atoms with Gasteiger partial charge in [0.25, 0.3) is 0 Å². The summed E-state index contributed by atoms with van der Waals surface area (Å²) in [6, 6.07) is 4.16. The maximum Gasteiger partial charge on any atom is 0.162 e. The minimum atomic E-state index is -0.836. The lowest BCUT2D eigenvalue weighted by molar-refractivity contribution is 0.0250. The third kappa shape index (κ3) is 2.41. The van der Waals surface area contributed by atoms with Gasteiger partial charge in [-0.05, 0) is 36.3 Å². The Bertz CT molecular complexity index is 411. The fraction of sp³-hybridized carbons (Fsp3) is 0.600. The molecule has 1 saturated carbocycles. The maximum absolute atomic E-state index is 13.6. The molecule has 0 aromatic heterocycles. The van der Waals surface area contributed by atoms with Crippen LogP contribution in [-0.2, 0) is 6.42 Å². The van der Waals surface area contributed by atoms with Crippen LogP contribution < -0.4 is 0 Å². The van der Waals surface area contributed by atoms with E-state index in [1.807, 2.05) is 0 Å². The van der Waals surface area contributed by atoms with E-state index in [0.29, 0.717) is 0 Å². The molecule has 1 aromatic carbocycles. The van der Waals surface area contributed by atoms with Crippen LogP contribution in [0.1, 0.15) is 44.6 Å². The average Bonchev–Trinajstić information content (AvgIpc) is 2.85. The molecule has 1 aliphatic rings. The van der Waals surface area contributed by atoms with E-state index in [1.165, 1.54) is 6.07 Å². The van der Waals surface area contributed by atoms with E-state index in [-0.39, 0.29) is 17.4 Å². The third-order valence-electron chi connectivity index (χ3n) is 4.46. The number of hydrogen-bond acceptors (Lipinski definition) is 1. The van der Waals surface area contributed by atoms with Crippen LogP contribution in [0, 0.1) is 17.0 Å². The van der Waals surface area contributed by atoms with E-state index in [0.717, 1.165) is 38.2 Å². The highest BCUT2D eigenvalue weighted by Gasteiger charge is 2.39. The Labute approximate surface area is 107 Å². The van der Waals surface area contributed by atoms with Crippen molar-refractivity contribution < 1.29 is 13.9 Å². The predicted molar refractivity (Wildman–Crippen MR) is 67.3 cm³/mol. The van der Waals surface area contributed by atoms with Crippen molar-refractivity contribution in [2.75, 3.05) is 0 Å². The van der Waals surface area contributed by atoms with Crippen LogP contribution in [0.3, 0.4) is 0 Å². The van der Waals surface area contributed by atoms with Gasteiger partial charge in [0, 0.05) is 6.42 Å². The van der Waals surface area contributed by atoms with Gasteiger partial charge in [0.1, 0.15) is 0 Å². The molecule has 0 heterocycles. The van der Waals surface area contributed by atoms with Crippen LogP contribution in [0.2, 0.25) is 0 Å². The molecular weight excluding hydrogens is 234 g/mol. The molecule has 1 atom stereocenters. The maximum atomic E-state index is 13.6. The first-order chi connectivity index (χ1) is 8.59. The van der Waals surface area contributed by atoms with Gasteiger partial charge in [-0.2, -0.15) is 0 Å². The Morgan fingerprint density at radius 1 is 1.28 bits per heavy atom. The zero-order valence-corrected chi connectivity index (χ0v) is 10.8. The summed E-state index contributed by atoms with van der Waals surface area (Å²) in [5, 5.41) is 10.4. The van der Waals surface area contributed by atoms with Crippen molar-refractivity contribution in [2.45, 2.75) is 51.6 Å². The first-order valence-corrected chi connectivity index (χ1v) is 6.70. The van der Waals surface area contributed by atoms with Crippen LogP contribution in [0.15, 0.2) is 18.2 Å². The molecule has 1 aliphatic carbocycles. The Morgan fingerprint density at radius 3 is 2.56 bits per heavy atom. The SMILES string of the molecule is CCC1(C(O)Cc2cccc(F)c2F)CCCC1. The van der Waals surface area contributed by atoms with Crippen molar-refractivity contribution in [1.82, 2.24) is 0 Å². The number of aliphatic hydroxyl groups is 1. The van der Waals surface area contributed by atoms with Crippen molar-refractivity contribution in [3.05, 3.63) is 35.4 Å². The summed E-state index contributed by atoms with van der Waals surface area (Å²) in [6.07, 6.45) is 4.74. The lowest BCUT2D eigenvalue weighted by atomic mass is 9.76. The molecule has 2 rings (SSSR count). The molecule has 0 saturated heterocycles. The number of benzene rings is 1. The van der Waals surface area contributed by atoms with Crippen molar-refractivity contribution in [3.63, 3.8) is 0 Å². The van der Waals surface area contributed by atoms with Gasteiger partial charge < -0.3 is 5.11 Å². The second kappa shape index (κ2) is 5.35. The summed E-state index contributed by atoms with van der Waals surface area (Å²) < 4.78 is 26.7. The summed E-state index contributed by atoms with van der Waals surface area (Å²) in [7, 11) is 0. The second-order valence-corrected chi connectivity index (χ2v) is 5.36. The molecule has 1 N–H and O–H groups in total. The van der Waals surface area contributed by atoms with Crippen LogP contribution in [0.4, 0.5) is 8.78 Å². The molecule has 0 radical (unpaired) electrons. The quantitative estimate of drug-likeness (QED) is 0.865. The molecule has 1 aromatic rings. The van der Waals surface area contributed by atoms with Gasteiger partial charge >= 0.3 is 0 Å². The van der Waals surface area contributed by atoms with E-state index in [1.54, 1.807) is 6.07 Å². The van der Waals surface area contributed by atoms with Crippen molar-refractivity contribution >= 4 is 0 Å². The molecule has 100 valence electrons. The van der Waals surface area contributed by atoms with Gasteiger partial charge in [-0.1, -0.05) is 31.9 Å². The molecule has 18 heavy (non-hydrogen) atoms. The standard InChI is InChI=1S/C15H20F2O/c1-2-15(8-3-4-9-15)13(18)10-11-6-5-7-12(16)14(11)17/h5-7,13,18H,2-4,8-10H2,1H3. The van der Waals surface area contributed by atoms with E-state index in [2.05, 4.69) is 6.92 Å². The smallest absolute Gasteiger partial charge is 0.162 e. The number of aliphatic hydroxyl groups excluding tert-OH is 1. The number of halogens is 2. The van der Waals surface area contributed by atoms with Gasteiger partial charge in [-0.3, -0.25) is 0 Å². The molecule has 1 fully saturated rings. The minimum absolute atomic E-state index is 0.0985. The van der Waals surface area contributed by atoms with Gasteiger partial charge in [0.05, 0.1) is 6.10 Å². The highest BCUT2D eigenvalue weighted by Crippen LogP contribution is 2.44. The fourth-order valence-electron chi connectivity index (χ4n) is 3.13. The Hall–Kier alpha value is -0.960. The average molecular weight is 254 g/mol. The molecule has 0 amide bonds. The van der Waals surface area contributed by atoms with Crippen molar-refractivity contribution in [3.8, 4) is 0 Å². The van der Waals surface area contributed by atoms with E-state index >= 15 is 0 Å². The van der Waals surface area contributed by atoms with Gasteiger partial charge in [0.15, 0.2) is 11.6 Å². The number of hydrogen-bond donors (Lipinski definition) is 1. The summed E-state index contributed by atoms with van der Waals surface area (Å²) >= 11 is 0. The van der Waals surface area contributed by atoms with Crippen LogP contribution in [-0.4, -0.2) is 11.2 Å². The lowest BCUT2D eigenvalue weighted by Crippen LogP contribution is -2.34. The first-order valence-electron chi connectivity index (χ1n) is 6.70. The predicted octanol–water partition coefficient (Wildman–Crippen LogP) is 3.84. The van der Waals surface area contributed by atoms with Crippen LogP contribution >= 0.6 is 0 Å². The van der Waals surface area contributed by atoms with Gasteiger partial charge in [0.2, 0.25) is 0 Å². The van der Waals surface area contributed by atoms with Crippen molar-refractivity contribution in [2.24, 2.45) is 5.41 Å². The van der Waals surface area contributed by atoms with E-state index in [4.69, 9.17) is 0 Å². The molecular formula is C15H20F2O. The highest BCUT2D eigenvalue weighted by molar-refractivity contribution is 5.20. The van der Waals surface area contributed by atoms with Crippen LogP contribution in [0.5, 0.6) is 0 Å². The first kappa shape index (κ1) is 13.5. The zero-order chi connectivity index (χ0) is 13.2. The van der Waals surface area contributed by atoms with Crippen LogP contribution in [0.25, 0.3) is 0 Å². The Kier molecular flexibility index (Phi) is 4.00. The van der Waals surface area contributed by atoms with Gasteiger partial charge in [-0.25, -0.2) is 8.78 Å². The molecule has 1 unspecified atom stereocenters. The largest absolute Gasteiger partial charge is 0.392 e. The highest BCUT2D eigenvalue weighted by atomic mass is 19.2. The summed E-state index contributed by atoms with van der Waals surface area (Å²) in [5.41, 5.74) is 0.181. The third-order valence-corrected chi connectivity index (χ3v) is 4.46. The van der Waals surface area contributed by atoms with E-state index < -0.39 is 17.7 Å². The molecule has 3 heteroatoms. The monoisotopic (exact) mass is 254 g/mol. The van der Waals surface area contributed by atoms with Crippen molar-refractivity contribution in [1.29, 1.82) is 0 Å². The fourth-order valence-corrected chi connectivity index (χ4v) is 3.13.